The molecule has 0 spiro atoms. The number of carbonyl (C=O) groups excluding carboxylic acids is 2. The van der Waals surface area contributed by atoms with Crippen molar-refractivity contribution in [2.45, 2.75) is 37.3 Å². The predicted molar refractivity (Wildman–Crippen MR) is 111 cm³/mol. The second-order valence-corrected chi connectivity index (χ2v) is 7.76. The van der Waals surface area contributed by atoms with E-state index in [1.54, 1.807) is 24.3 Å². The molecule has 10 nitrogen and oxygen atoms in total. The van der Waals surface area contributed by atoms with Gasteiger partial charge in [-0.3, -0.25) is 9.59 Å². The number of rotatable bonds is 6. The molecule has 0 amide bonds. The Labute approximate surface area is 188 Å². The Balaban J connectivity index is 1.83. The van der Waals surface area contributed by atoms with Gasteiger partial charge in [-0.2, -0.15) is 0 Å². The summed E-state index contributed by atoms with van der Waals surface area (Å²) in [4.78, 5) is 26.4. The molecule has 0 saturated carbocycles. The molecule has 1 saturated heterocycles. The number of hydrogen-bond acceptors (Lipinski definition) is 10. The Bertz CT molecular complexity index is 1080. The maximum absolute atomic E-state index is 13.2. The van der Waals surface area contributed by atoms with Gasteiger partial charge in [-0.25, -0.2) is 0 Å². The van der Waals surface area contributed by atoms with Crippen molar-refractivity contribution in [2.24, 2.45) is 0 Å². The van der Waals surface area contributed by atoms with Crippen LogP contribution in [-0.2, 0) is 16.1 Å². The molecule has 1 fully saturated rings. The van der Waals surface area contributed by atoms with Gasteiger partial charge in [0.25, 0.3) is 0 Å². The van der Waals surface area contributed by atoms with Crippen LogP contribution < -0.4 is 9.47 Å². The quantitative estimate of drug-likeness (QED) is 0.389. The Morgan fingerprint density at radius 3 is 2.21 bits per heavy atom. The van der Waals surface area contributed by atoms with Crippen LogP contribution in [0.15, 0.2) is 30.3 Å². The van der Waals surface area contributed by atoms with E-state index in [0.717, 1.165) is 0 Å². The molecule has 1 aliphatic heterocycles. The van der Waals surface area contributed by atoms with Crippen molar-refractivity contribution in [1.29, 1.82) is 0 Å². The van der Waals surface area contributed by atoms with Crippen molar-refractivity contribution in [3.63, 3.8) is 0 Å². The molecule has 4 rings (SSSR count). The number of aliphatic hydroxyl groups excluding tert-OH is 4. The molecular weight excluding hydrogens is 436 g/mol. The number of hydrogen-bond donors (Lipinski definition) is 4. The standard InChI is InChI=1S/C23H24O10/c1-30-9-13-14(32-23-21(29)20(28)19(27)15(8-24)33-23)7-12-16(22(13)31-2)18(26)11-6-4-3-5-10(11)17(12)25/h3-7,15,19-21,23-24,27-29H,8-9H2,1-2H3. The molecule has 5 atom stereocenters. The summed E-state index contributed by atoms with van der Waals surface area (Å²) in [6.45, 7) is -0.709. The molecule has 2 aromatic rings. The van der Waals surface area contributed by atoms with E-state index in [-0.39, 0.29) is 45.9 Å². The molecule has 10 heteroatoms. The zero-order chi connectivity index (χ0) is 23.9. The minimum absolute atomic E-state index is 0.0114. The Hall–Kier alpha value is -2.86. The molecular formula is C23H24O10. The van der Waals surface area contributed by atoms with E-state index in [1.807, 2.05) is 0 Å². The van der Waals surface area contributed by atoms with Gasteiger partial charge in [-0.1, -0.05) is 24.3 Å². The molecule has 4 N–H and O–H groups in total. The van der Waals surface area contributed by atoms with Crippen LogP contribution in [0.2, 0.25) is 0 Å². The van der Waals surface area contributed by atoms with Gasteiger partial charge in [0.15, 0.2) is 11.6 Å². The van der Waals surface area contributed by atoms with Crippen LogP contribution in [-0.4, -0.2) is 83.5 Å². The van der Waals surface area contributed by atoms with Crippen LogP contribution in [0.25, 0.3) is 0 Å². The first-order valence-electron chi connectivity index (χ1n) is 10.2. The second kappa shape index (κ2) is 9.18. The maximum Gasteiger partial charge on any atom is 0.229 e. The van der Waals surface area contributed by atoms with Crippen molar-refractivity contribution < 1.29 is 49.0 Å². The molecule has 176 valence electrons. The van der Waals surface area contributed by atoms with Crippen LogP contribution in [0.5, 0.6) is 11.5 Å². The number of ether oxygens (including phenoxy) is 4. The highest BCUT2D eigenvalue weighted by Crippen LogP contribution is 2.41. The third kappa shape index (κ3) is 3.80. The Kier molecular flexibility index (Phi) is 6.48. The first kappa shape index (κ1) is 23.3. The zero-order valence-electron chi connectivity index (χ0n) is 17.9. The lowest BCUT2D eigenvalue weighted by atomic mass is 9.82. The average molecular weight is 460 g/mol. The fourth-order valence-electron chi connectivity index (χ4n) is 4.14. The van der Waals surface area contributed by atoms with Gasteiger partial charge in [-0.05, 0) is 6.07 Å². The third-order valence-corrected chi connectivity index (χ3v) is 5.82. The largest absolute Gasteiger partial charge is 0.495 e. The normalized spacial score (nSPS) is 26.5. The zero-order valence-corrected chi connectivity index (χ0v) is 17.9. The van der Waals surface area contributed by atoms with E-state index in [9.17, 15) is 30.0 Å². The molecule has 5 unspecified atom stereocenters. The Morgan fingerprint density at radius 2 is 1.61 bits per heavy atom. The summed E-state index contributed by atoms with van der Waals surface area (Å²) in [6.07, 6.45) is -7.56. The van der Waals surface area contributed by atoms with E-state index in [4.69, 9.17) is 18.9 Å². The van der Waals surface area contributed by atoms with Crippen LogP contribution in [0.3, 0.4) is 0 Å². The predicted octanol–water partition coefficient (Wildman–Crippen LogP) is -0.204. The van der Waals surface area contributed by atoms with Crippen molar-refractivity contribution in [1.82, 2.24) is 0 Å². The van der Waals surface area contributed by atoms with Gasteiger partial charge in [-0.15, -0.1) is 0 Å². The van der Waals surface area contributed by atoms with E-state index in [2.05, 4.69) is 0 Å². The van der Waals surface area contributed by atoms with Crippen molar-refractivity contribution >= 4 is 11.6 Å². The monoisotopic (exact) mass is 460 g/mol. The first-order valence-corrected chi connectivity index (χ1v) is 10.2. The number of benzene rings is 2. The van der Waals surface area contributed by atoms with Gasteiger partial charge < -0.3 is 39.4 Å². The highest BCUT2D eigenvalue weighted by molar-refractivity contribution is 6.29. The number of ketones is 2. The summed E-state index contributed by atoms with van der Waals surface area (Å²) in [5.41, 5.74) is 0.857. The number of aliphatic hydroxyl groups is 4. The van der Waals surface area contributed by atoms with Crippen LogP contribution in [0, 0.1) is 0 Å². The number of carbonyl (C=O) groups is 2. The summed E-state index contributed by atoms with van der Waals surface area (Å²) in [5, 5.41) is 39.9. The van der Waals surface area contributed by atoms with Gasteiger partial charge in [0.05, 0.1) is 31.5 Å². The molecule has 2 aliphatic rings. The minimum Gasteiger partial charge on any atom is -0.495 e. The van der Waals surface area contributed by atoms with Crippen LogP contribution >= 0.6 is 0 Å². The average Bonchev–Trinajstić information content (AvgIpc) is 2.83. The Morgan fingerprint density at radius 1 is 0.939 bits per heavy atom. The summed E-state index contributed by atoms with van der Waals surface area (Å²) in [5.74, 6) is -0.728. The minimum atomic E-state index is -1.67. The molecule has 0 aromatic heterocycles. The smallest absolute Gasteiger partial charge is 0.229 e. The van der Waals surface area contributed by atoms with E-state index >= 15 is 0 Å². The van der Waals surface area contributed by atoms with Gasteiger partial charge in [0, 0.05) is 23.8 Å². The van der Waals surface area contributed by atoms with Crippen molar-refractivity contribution in [2.75, 3.05) is 20.8 Å². The summed E-state index contributed by atoms with van der Waals surface area (Å²) < 4.78 is 22.0. The van der Waals surface area contributed by atoms with Gasteiger partial charge >= 0.3 is 0 Å². The van der Waals surface area contributed by atoms with Crippen molar-refractivity contribution in [3.05, 3.63) is 58.1 Å². The van der Waals surface area contributed by atoms with Crippen molar-refractivity contribution in [3.8, 4) is 11.5 Å². The molecule has 0 radical (unpaired) electrons. The molecule has 1 heterocycles. The fourth-order valence-corrected chi connectivity index (χ4v) is 4.14. The SMILES string of the molecule is COCc1c(OC2OC(CO)C(O)C(O)C2O)cc2c(c1OC)C(=O)c1ccccc1C2=O. The third-order valence-electron chi connectivity index (χ3n) is 5.82. The van der Waals surface area contributed by atoms with E-state index in [0.29, 0.717) is 0 Å². The molecule has 33 heavy (non-hydrogen) atoms. The van der Waals surface area contributed by atoms with Crippen LogP contribution in [0.4, 0.5) is 0 Å². The molecule has 0 bridgehead atoms. The maximum atomic E-state index is 13.2. The molecule has 2 aromatic carbocycles. The summed E-state index contributed by atoms with van der Waals surface area (Å²) >= 11 is 0. The van der Waals surface area contributed by atoms with Gasteiger partial charge in [0.2, 0.25) is 6.29 Å². The highest BCUT2D eigenvalue weighted by Gasteiger charge is 2.45. The fraction of sp³-hybridized carbons (Fsp3) is 0.391. The summed E-state index contributed by atoms with van der Waals surface area (Å²) in [6, 6.07) is 7.76. The molecule has 1 aliphatic carbocycles. The number of methoxy groups -OCH3 is 2. The number of fused-ring (bicyclic) bond motifs is 2. The lowest BCUT2D eigenvalue weighted by Crippen LogP contribution is -2.60. The van der Waals surface area contributed by atoms with E-state index < -0.39 is 48.9 Å². The van der Waals surface area contributed by atoms with E-state index in [1.165, 1.54) is 20.3 Å². The lowest BCUT2D eigenvalue weighted by molar-refractivity contribution is -0.277. The summed E-state index contributed by atoms with van der Waals surface area (Å²) in [7, 11) is 2.75. The first-order chi connectivity index (χ1) is 15.8. The van der Waals surface area contributed by atoms with Gasteiger partial charge in [0.1, 0.15) is 35.9 Å². The second-order valence-electron chi connectivity index (χ2n) is 7.76. The topological polar surface area (TPSA) is 152 Å². The lowest BCUT2D eigenvalue weighted by Gasteiger charge is -2.40. The highest BCUT2D eigenvalue weighted by atomic mass is 16.7. The van der Waals surface area contributed by atoms with Crippen LogP contribution in [0.1, 0.15) is 37.4 Å².